The van der Waals surface area contributed by atoms with Gasteiger partial charge in [0.25, 0.3) is 0 Å². The molecule has 50 valence electrons. The lowest BCUT2D eigenvalue weighted by molar-refractivity contribution is 0.170. The molecule has 1 heteroatoms. The number of hydrogen-bond acceptors (Lipinski definition) is 1. The number of methoxy groups -OCH3 is 1. The van der Waals surface area contributed by atoms with E-state index in [4.69, 9.17) is 4.74 Å². The van der Waals surface area contributed by atoms with E-state index in [0.717, 1.165) is 13.0 Å². The zero-order valence-corrected chi connectivity index (χ0v) is 5.71. The molecule has 0 bridgehead atoms. The fourth-order valence-electron chi connectivity index (χ4n) is 0.969. The summed E-state index contributed by atoms with van der Waals surface area (Å²) < 4.78 is 5.00. The van der Waals surface area contributed by atoms with Crippen LogP contribution in [0.3, 0.4) is 0 Å². The summed E-state index contributed by atoms with van der Waals surface area (Å²) in [6.45, 7) is 0.848. The smallest absolute Gasteiger partial charge is 0.0528 e. The van der Waals surface area contributed by atoms with Gasteiger partial charge < -0.3 is 4.74 Å². The standard InChI is InChI=1S/C8H12O/c1-9-7-8-5-3-2-4-6-8/h2-5,8H,6-7H2,1H3/t8-/m0/s1. The molecular weight excluding hydrogens is 112 g/mol. The first-order valence-electron chi connectivity index (χ1n) is 3.26. The van der Waals surface area contributed by atoms with Gasteiger partial charge in [-0.2, -0.15) is 0 Å². The minimum absolute atomic E-state index is 0.611. The van der Waals surface area contributed by atoms with E-state index in [1.807, 2.05) is 0 Å². The van der Waals surface area contributed by atoms with E-state index in [1.54, 1.807) is 7.11 Å². The fraction of sp³-hybridized carbons (Fsp3) is 0.500. The predicted molar refractivity (Wildman–Crippen MR) is 38.3 cm³/mol. The van der Waals surface area contributed by atoms with Crippen molar-refractivity contribution in [3.05, 3.63) is 24.3 Å². The first kappa shape index (κ1) is 6.56. The minimum Gasteiger partial charge on any atom is -0.384 e. The van der Waals surface area contributed by atoms with Crippen LogP contribution in [0.25, 0.3) is 0 Å². The van der Waals surface area contributed by atoms with Crippen LogP contribution in [0, 0.1) is 5.92 Å². The van der Waals surface area contributed by atoms with Crippen LogP contribution in [0.4, 0.5) is 0 Å². The fourth-order valence-corrected chi connectivity index (χ4v) is 0.969. The molecule has 0 spiro atoms. The van der Waals surface area contributed by atoms with Crippen LogP contribution in [-0.2, 0) is 4.74 Å². The minimum atomic E-state index is 0.611. The van der Waals surface area contributed by atoms with E-state index < -0.39 is 0 Å². The normalized spacial score (nSPS) is 24.8. The Morgan fingerprint density at radius 3 is 3.00 bits per heavy atom. The Bertz CT molecular complexity index is 125. The van der Waals surface area contributed by atoms with Crippen molar-refractivity contribution < 1.29 is 4.74 Å². The molecular formula is C8H12O. The third kappa shape index (κ3) is 2.02. The van der Waals surface area contributed by atoms with Crippen molar-refractivity contribution in [2.45, 2.75) is 6.42 Å². The van der Waals surface area contributed by atoms with Crippen LogP contribution in [0.15, 0.2) is 24.3 Å². The van der Waals surface area contributed by atoms with Crippen molar-refractivity contribution in [2.75, 3.05) is 13.7 Å². The SMILES string of the molecule is COC[C@H]1C=CC=CC1. The summed E-state index contributed by atoms with van der Waals surface area (Å²) in [5, 5.41) is 0. The van der Waals surface area contributed by atoms with E-state index in [-0.39, 0.29) is 0 Å². The lowest BCUT2D eigenvalue weighted by Crippen LogP contribution is -2.04. The molecule has 1 rings (SSSR count). The first-order chi connectivity index (χ1) is 4.43. The van der Waals surface area contributed by atoms with Crippen LogP contribution in [0.5, 0.6) is 0 Å². The maximum atomic E-state index is 5.00. The zero-order chi connectivity index (χ0) is 6.53. The summed E-state index contributed by atoms with van der Waals surface area (Å²) in [5.74, 6) is 0.611. The Morgan fingerprint density at radius 2 is 2.44 bits per heavy atom. The molecule has 0 aliphatic heterocycles. The second-order valence-electron chi connectivity index (χ2n) is 2.26. The predicted octanol–water partition coefficient (Wildman–Crippen LogP) is 1.77. The van der Waals surface area contributed by atoms with E-state index in [2.05, 4.69) is 24.3 Å². The maximum absolute atomic E-state index is 5.00. The third-order valence-electron chi connectivity index (χ3n) is 1.45. The summed E-state index contributed by atoms with van der Waals surface area (Å²) in [7, 11) is 1.74. The summed E-state index contributed by atoms with van der Waals surface area (Å²) in [6, 6.07) is 0. The summed E-state index contributed by atoms with van der Waals surface area (Å²) >= 11 is 0. The van der Waals surface area contributed by atoms with Gasteiger partial charge in [-0.1, -0.05) is 24.3 Å². The van der Waals surface area contributed by atoms with Gasteiger partial charge in [-0.25, -0.2) is 0 Å². The summed E-state index contributed by atoms with van der Waals surface area (Å²) in [6.07, 6.45) is 9.64. The highest BCUT2D eigenvalue weighted by molar-refractivity contribution is 5.10. The van der Waals surface area contributed by atoms with Gasteiger partial charge in [0.2, 0.25) is 0 Å². The Morgan fingerprint density at radius 1 is 1.56 bits per heavy atom. The average Bonchev–Trinajstić information content (AvgIpc) is 1.91. The Balaban J connectivity index is 2.28. The van der Waals surface area contributed by atoms with Crippen molar-refractivity contribution in [1.82, 2.24) is 0 Å². The van der Waals surface area contributed by atoms with Gasteiger partial charge in [-0.05, 0) is 6.42 Å². The van der Waals surface area contributed by atoms with Crippen LogP contribution in [-0.4, -0.2) is 13.7 Å². The molecule has 0 radical (unpaired) electrons. The number of rotatable bonds is 2. The van der Waals surface area contributed by atoms with Crippen LogP contribution >= 0.6 is 0 Å². The van der Waals surface area contributed by atoms with Crippen molar-refractivity contribution in [1.29, 1.82) is 0 Å². The summed E-state index contributed by atoms with van der Waals surface area (Å²) in [4.78, 5) is 0. The van der Waals surface area contributed by atoms with E-state index in [1.165, 1.54) is 0 Å². The molecule has 0 unspecified atom stereocenters. The van der Waals surface area contributed by atoms with Gasteiger partial charge in [0.15, 0.2) is 0 Å². The molecule has 1 atom stereocenters. The lowest BCUT2D eigenvalue weighted by Gasteiger charge is -2.09. The summed E-state index contributed by atoms with van der Waals surface area (Å²) in [5.41, 5.74) is 0. The topological polar surface area (TPSA) is 9.23 Å². The van der Waals surface area contributed by atoms with Gasteiger partial charge >= 0.3 is 0 Å². The Hall–Kier alpha value is -0.560. The second-order valence-corrected chi connectivity index (χ2v) is 2.26. The highest BCUT2D eigenvalue weighted by atomic mass is 16.5. The average molecular weight is 124 g/mol. The largest absolute Gasteiger partial charge is 0.384 e. The maximum Gasteiger partial charge on any atom is 0.0528 e. The third-order valence-corrected chi connectivity index (χ3v) is 1.45. The quantitative estimate of drug-likeness (QED) is 0.545. The number of ether oxygens (including phenoxy) is 1. The Labute approximate surface area is 56.0 Å². The molecule has 9 heavy (non-hydrogen) atoms. The molecule has 1 nitrogen and oxygen atoms in total. The van der Waals surface area contributed by atoms with Crippen LogP contribution in [0.1, 0.15) is 6.42 Å². The molecule has 0 N–H and O–H groups in total. The highest BCUT2D eigenvalue weighted by Gasteiger charge is 2.02. The van der Waals surface area contributed by atoms with Gasteiger partial charge in [0, 0.05) is 13.0 Å². The van der Waals surface area contributed by atoms with Crippen molar-refractivity contribution in [3.8, 4) is 0 Å². The highest BCUT2D eigenvalue weighted by Crippen LogP contribution is 2.10. The molecule has 0 heterocycles. The number of allylic oxidation sites excluding steroid dienone is 3. The Kier molecular flexibility index (Phi) is 2.52. The molecule has 0 saturated heterocycles. The van der Waals surface area contributed by atoms with Gasteiger partial charge in [0.1, 0.15) is 0 Å². The molecule has 0 aromatic rings. The molecule has 0 aromatic carbocycles. The van der Waals surface area contributed by atoms with Crippen molar-refractivity contribution >= 4 is 0 Å². The monoisotopic (exact) mass is 124 g/mol. The lowest BCUT2D eigenvalue weighted by atomic mass is 10.0. The molecule has 0 aromatic heterocycles. The number of hydrogen-bond donors (Lipinski definition) is 0. The van der Waals surface area contributed by atoms with E-state index in [9.17, 15) is 0 Å². The van der Waals surface area contributed by atoms with Crippen molar-refractivity contribution in [2.24, 2.45) is 5.92 Å². The second kappa shape index (κ2) is 3.46. The molecule has 1 aliphatic rings. The first-order valence-corrected chi connectivity index (χ1v) is 3.26. The molecule has 0 amide bonds. The van der Waals surface area contributed by atoms with Gasteiger partial charge in [-0.15, -0.1) is 0 Å². The zero-order valence-electron chi connectivity index (χ0n) is 5.71. The van der Waals surface area contributed by atoms with Gasteiger partial charge in [-0.3, -0.25) is 0 Å². The molecule has 0 saturated carbocycles. The van der Waals surface area contributed by atoms with Crippen molar-refractivity contribution in [3.63, 3.8) is 0 Å². The molecule has 0 fully saturated rings. The van der Waals surface area contributed by atoms with Gasteiger partial charge in [0.05, 0.1) is 6.61 Å². The van der Waals surface area contributed by atoms with Crippen LogP contribution in [0.2, 0.25) is 0 Å². The van der Waals surface area contributed by atoms with E-state index in [0.29, 0.717) is 5.92 Å². The van der Waals surface area contributed by atoms with E-state index >= 15 is 0 Å². The molecule has 1 aliphatic carbocycles. The van der Waals surface area contributed by atoms with Crippen LogP contribution < -0.4 is 0 Å².